The van der Waals surface area contributed by atoms with Crippen LogP contribution in [0.15, 0.2) is 0 Å². The molecular weight excluding hydrogens is 379 g/mol. The molecule has 0 radical (unpaired) electrons. The number of hydrogen-bond acceptors (Lipinski definition) is 5. The molecule has 3 N–H and O–H groups in total. The minimum Gasteiger partial charge on any atom is -0.481 e. The number of aliphatic carboxylic acids is 2. The summed E-state index contributed by atoms with van der Waals surface area (Å²) >= 11 is 0.851. The number of ether oxygens (including phenoxy) is 1. The third kappa shape index (κ3) is 19.0. The summed E-state index contributed by atoms with van der Waals surface area (Å²) < 4.78 is 35.0. The van der Waals surface area contributed by atoms with Gasteiger partial charge in [-0.2, -0.15) is 8.42 Å². The maximum atomic E-state index is 10.2. The summed E-state index contributed by atoms with van der Waals surface area (Å²) in [6.07, 6.45) is 8.26. The van der Waals surface area contributed by atoms with E-state index in [2.05, 4.69) is 13.8 Å². The van der Waals surface area contributed by atoms with E-state index in [-0.39, 0.29) is 0 Å². The third-order valence-corrected chi connectivity index (χ3v) is 6.35. The van der Waals surface area contributed by atoms with Gasteiger partial charge in [0, 0.05) is 0 Å². The molecule has 0 saturated heterocycles. The van der Waals surface area contributed by atoms with Crippen LogP contribution in [-0.4, -0.2) is 96.1 Å². The number of carbonyl (C=O) groups is 2. The second-order valence-corrected chi connectivity index (χ2v) is 9.41. The van der Waals surface area contributed by atoms with Crippen molar-refractivity contribution in [1.29, 1.82) is 0 Å². The SMILES string of the molecule is CCCCCCCCO[CH]([K])CC.O=C(O)CC(C(=O)O)S(=O)(=O)O. The van der Waals surface area contributed by atoms with Crippen LogP contribution in [-0.2, 0) is 24.4 Å². The average molecular weight is 409 g/mol. The van der Waals surface area contributed by atoms with Gasteiger partial charge in [-0.1, -0.05) is 0 Å². The summed E-state index contributed by atoms with van der Waals surface area (Å²) in [5.74, 6) is -3.50. The van der Waals surface area contributed by atoms with Crippen molar-refractivity contribution in [3.8, 4) is 0 Å². The first-order chi connectivity index (χ1) is 11.6. The summed E-state index contributed by atoms with van der Waals surface area (Å²) in [6, 6.07) is 0. The third-order valence-electron chi connectivity index (χ3n) is 3.47. The van der Waals surface area contributed by atoms with Crippen molar-refractivity contribution in [2.45, 2.75) is 70.7 Å². The molecule has 25 heavy (non-hydrogen) atoms. The summed E-state index contributed by atoms with van der Waals surface area (Å²) in [6.45, 7) is 5.49. The zero-order valence-corrected chi connectivity index (χ0v) is 19.2. The van der Waals surface area contributed by atoms with Gasteiger partial charge in [0.1, 0.15) is 0 Å². The maximum absolute atomic E-state index is 10.2. The first kappa shape index (κ1) is 27.7. The van der Waals surface area contributed by atoms with Gasteiger partial charge in [-0.3, -0.25) is 14.1 Å². The van der Waals surface area contributed by atoms with E-state index in [9.17, 15) is 18.0 Å². The van der Waals surface area contributed by atoms with E-state index in [1.807, 2.05) is 0 Å². The topological polar surface area (TPSA) is 138 Å². The Balaban J connectivity index is 0. The zero-order valence-electron chi connectivity index (χ0n) is 15.3. The second-order valence-electron chi connectivity index (χ2n) is 5.80. The smallest absolute Gasteiger partial charge is 0.325 e. The van der Waals surface area contributed by atoms with Crippen molar-refractivity contribution < 1.29 is 37.5 Å². The Kier molecular flexibility index (Phi) is 18.4. The van der Waals surface area contributed by atoms with Crippen LogP contribution >= 0.6 is 0 Å². The van der Waals surface area contributed by atoms with E-state index in [1.165, 1.54) is 44.9 Å². The van der Waals surface area contributed by atoms with Gasteiger partial charge in [0.2, 0.25) is 0 Å². The van der Waals surface area contributed by atoms with E-state index in [4.69, 9.17) is 19.5 Å². The average Bonchev–Trinajstić information content (AvgIpc) is 2.50. The number of carboxylic acid groups (broad SMARTS) is 2. The Morgan fingerprint density at radius 2 is 1.56 bits per heavy atom. The Hall–Kier alpha value is 0.446. The Morgan fingerprint density at radius 1 is 1.04 bits per heavy atom. The van der Waals surface area contributed by atoms with Gasteiger partial charge in [-0.25, -0.2) is 0 Å². The normalized spacial score (nSPS) is 13.5. The molecule has 0 amide bonds. The van der Waals surface area contributed by atoms with Crippen molar-refractivity contribution >= 4 is 71.0 Å². The van der Waals surface area contributed by atoms with Gasteiger partial charge in [0.15, 0.2) is 5.25 Å². The molecule has 0 aliphatic rings. The molecule has 2 unspecified atom stereocenters. The van der Waals surface area contributed by atoms with Crippen molar-refractivity contribution in [3.63, 3.8) is 0 Å². The minimum absolute atomic E-state index is 0.642. The first-order valence-corrected chi connectivity index (χ1v) is 11.9. The van der Waals surface area contributed by atoms with Crippen molar-refractivity contribution in [2.75, 3.05) is 6.61 Å². The van der Waals surface area contributed by atoms with E-state index < -0.39 is 33.7 Å². The first-order valence-electron chi connectivity index (χ1n) is 8.58. The molecule has 0 rings (SSSR count). The van der Waals surface area contributed by atoms with Crippen LogP contribution < -0.4 is 0 Å². The molecule has 0 aromatic carbocycles. The molecule has 0 fully saturated rings. The molecule has 0 spiro atoms. The molecule has 0 aromatic heterocycles. The molecule has 0 saturated carbocycles. The zero-order chi connectivity index (χ0) is 19.9. The van der Waals surface area contributed by atoms with Gasteiger partial charge in [-0.15, -0.1) is 0 Å². The fourth-order valence-corrected chi connectivity index (χ4v) is 2.74. The van der Waals surface area contributed by atoms with Crippen molar-refractivity contribution in [3.05, 3.63) is 0 Å². The quantitative estimate of drug-likeness (QED) is 0.239. The molecule has 0 heterocycles. The van der Waals surface area contributed by atoms with E-state index >= 15 is 0 Å². The van der Waals surface area contributed by atoms with E-state index in [0.717, 1.165) is 55.6 Å². The maximum Gasteiger partial charge on any atom is 0.325 e. The van der Waals surface area contributed by atoms with Crippen LogP contribution in [0.3, 0.4) is 0 Å². The van der Waals surface area contributed by atoms with Crippen LogP contribution in [0.5, 0.6) is 0 Å². The van der Waals surface area contributed by atoms with E-state index in [0.29, 0.717) is 0.199 Å². The van der Waals surface area contributed by atoms with Crippen LogP contribution in [0, 0.1) is 0 Å². The Labute approximate surface area is 184 Å². The minimum atomic E-state index is -4.84. The number of rotatable bonds is 13. The van der Waals surface area contributed by atoms with Crippen LogP contribution in [0.4, 0.5) is 0 Å². The van der Waals surface area contributed by atoms with Gasteiger partial charge < -0.3 is 10.2 Å². The van der Waals surface area contributed by atoms with Crippen LogP contribution in [0.25, 0.3) is 0 Å². The van der Waals surface area contributed by atoms with Crippen molar-refractivity contribution in [2.24, 2.45) is 0 Å². The second kappa shape index (κ2) is 16.6. The van der Waals surface area contributed by atoms with Gasteiger partial charge in [0.05, 0.1) is 6.42 Å². The van der Waals surface area contributed by atoms with Crippen molar-refractivity contribution in [1.82, 2.24) is 0 Å². The largest absolute Gasteiger partial charge is 0.481 e. The number of unbranched alkanes of at least 4 members (excludes halogenated alkanes) is 5. The molecule has 2 atom stereocenters. The molecular formula is C15H29KO8S. The monoisotopic (exact) mass is 408 g/mol. The van der Waals surface area contributed by atoms with Crippen LogP contribution in [0.1, 0.15) is 65.2 Å². The molecule has 144 valence electrons. The summed E-state index contributed by atoms with van der Waals surface area (Å²) in [4.78, 5) is 20.0. The fraction of sp³-hybridized carbons (Fsp3) is 0.867. The molecule has 0 aromatic rings. The predicted octanol–water partition coefficient (Wildman–Crippen LogP) is 2.07. The molecule has 0 bridgehead atoms. The molecule has 0 aliphatic carbocycles. The van der Waals surface area contributed by atoms with Gasteiger partial charge >= 0.3 is 131 Å². The molecule has 8 nitrogen and oxygen atoms in total. The van der Waals surface area contributed by atoms with Crippen LogP contribution in [0.2, 0.25) is 0 Å². The summed E-state index contributed by atoms with van der Waals surface area (Å²) in [5.41, 5.74) is 0. The van der Waals surface area contributed by atoms with E-state index in [1.54, 1.807) is 0 Å². The number of carboxylic acids is 2. The molecule has 0 aliphatic heterocycles. The standard InChI is InChI=1S/C11H23O.C4H6O7S.K/c1-3-5-6-7-8-9-11-12-10-4-2;5-3(6)1-2(4(7)8)12(9,10)11;/h10H,3-9,11H2,1-2H3;2H,1H2,(H,5,6)(H,7,8)(H,9,10,11);. The predicted molar refractivity (Wildman–Crippen MR) is 94.4 cm³/mol. The summed E-state index contributed by atoms with van der Waals surface area (Å²) in [7, 11) is -4.84. The Bertz CT molecular complexity index is 466. The summed E-state index contributed by atoms with van der Waals surface area (Å²) in [5, 5.41) is 13.9. The van der Waals surface area contributed by atoms with Gasteiger partial charge in [0.25, 0.3) is 10.1 Å². The molecule has 10 heteroatoms. The Morgan fingerprint density at radius 3 is 1.92 bits per heavy atom. The number of hydrogen-bond donors (Lipinski definition) is 3. The fourth-order valence-electron chi connectivity index (χ4n) is 1.76. The van der Waals surface area contributed by atoms with Gasteiger partial charge in [-0.05, 0) is 0 Å².